The molecule has 0 bridgehead atoms. The van der Waals surface area contributed by atoms with Gasteiger partial charge in [0.2, 0.25) is 0 Å². The highest BCUT2D eigenvalue weighted by atomic mass is 16.5. The van der Waals surface area contributed by atoms with E-state index in [1.165, 1.54) is 5.56 Å². The van der Waals surface area contributed by atoms with E-state index in [0.29, 0.717) is 18.2 Å². The first-order valence-corrected chi connectivity index (χ1v) is 7.80. The Kier molecular flexibility index (Phi) is 4.46. The van der Waals surface area contributed by atoms with Crippen molar-refractivity contribution in [1.82, 2.24) is 10.3 Å². The lowest BCUT2D eigenvalue weighted by molar-refractivity contribution is 0.0951. The number of carbonyl (C=O) groups is 1. The SMILES string of the molecule is COc1ccc(CNc2ccc(C(=O)NC3CC3)cn2)c(C)c1. The van der Waals surface area contributed by atoms with Crippen LogP contribution in [0.2, 0.25) is 0 Å². The third-order valence-electron chi connectivity index (χ3n) is 3.95. The molecule has 5 nitrogen and oxygen atoms in total. The van der Waals surface area contributed by atoms with Crippen LogP contribution in [-0.4, -0.2) is 24.0 Å². The number of methoxy groups -OCH3 is 1. The van der Waals surface area contributed by atoms with Crippen LogP contribution in [0, 0.1) is 6.92 Å². The monoisotopic (exact) mass is 311 g/mol. The fourth-order valence-electron chi connectivity index (χ4n) is 2.31. The zero-order chi connectivity index (χ0) is 16.2. The highest BCUT2D eigenvalue weighted by molar-refractivity contribution is 5.94. The van der Waals surface area contributed by atoms with E-state index in [2.05, 4.69) is 22.5 Å². The molecule has 1 fully saturated rings. The van der Waals surface area contributed by atoms with Gasteiger partial charge in [-0.3, -0.25) is 4.79 Å². The standard InChI is InChI=1S/C18H21N3O2/c1-12-9-16(23-2)7-3-13(12)10-19-17-8-4-14(11-20-17)18(22)21-15-5-6-15/h3-4,7-9,11,15H,5-6,10H2,1-2H3,(H,19,20)(H,21,22). The third-order valence-corrected chi connectivity index (χ3v) is 3.95. The fourth-order valence-corrected chi connectivity index (χ4v) is 2.31. The Morgan fingerprint density at radius 3 is 2.74 bits per heavy atom. The van der Waals surface area contributed by atoms with Gasteiger partial charge in [-0.15, -0.1) is 0 Å². The minimum atomic E-state index is -0.0439. The van der Waals surface area contributed by atoms with E-state index < -0.39 is 0 Å². The maximum atomic E-state index is 11.9. The lowest BCUT2D eigenvalue weighted by Gasteiger charge is -2.10. The maximum Gasteiger partial charge on any atom is 0.253 e. The molecule has 1 aliphatic rings. The number of benzene rings is 1. The summed E-state index contributed by atoms with van der Waals surface area (Å²) in [5.41, 5.74) is 2.95. The summed E-state index contributed by atoms with van der Waals surface area (Å²) in [7, 11) is 1.66. The summed E-state index contributed by atoms with van der Waals surface area (Å²) in [6.07, 6.45) is 3.78. The number of aryl methyl sites for hydroxylation is 1. The second-order valence-electron chi connectivity index (χ2n) is 5.83. The van der Waals surface area contributed by atoms with E-state index in [1.54, 1.807) is 19.4 Å². The van der Waals surface area contributed by atoms with Crippen LogP contribution in [0.1, 0.15) is 34.3 Å². The molecular formula is C18H21N3O2. The minimum Gasteiger partial charge on any atom is -0.497 e. The molecule has 3 rings (SSSR count). The molecule has 120 valence electrons. The molecule has 1 aromatic heterocycles. The van der Waals surface area contributed by atoms with Crippen LogP contribution in [0.15, 0.2) is 36.5 Å². The zero-order valence-corrected chi connectivity index (χ0v) is 13.4. The lowest BCUT2D eigenvalue weighted by Crippen LogP contribution is -2.25. The van der Waals surface area contributed by atoms with E-state index in [9.17, 15) is 4.79 Å². The predicted molar refractivity (Wildman–Crippen MR) is 89.8 cm³/mol. The fraction of sp³-hybridized carbons (Fsp3) is 0.333. The van der Waals surface area contributed by atoms with Gasteiger partial charge in [-0.25, -0.2) is 4.98 Å². The first kappa shape index (κ1) is 15.3. The number of nitrogens with zero attached hydrogens (tertiary/aromatic N) is 1. The smallest absolute Gasteiger partial charge is 0.253 e. The summed E-state index contributed by atoms with van der Waals surface area (Å²) in [6, 6.07) is 9.99. The van der Waals surface area contributed by atoms with Gasteiger partial charge in [-0.05, 0) is 55.2 Å². The number of hydrogen-bond acceptors (Lipinski definition) is 4. The number of amides is 1. The quantitative estimate of drug-likeness (QED) is 0.861. The van der Waals surface area contributed by atoms with Gasteiger partial charge in [0.1, 0.15) is 11.6 Å². The van der Waals surface area contributed by atoms with Crippen molar-refractivity contribution >= 4 is 11.7 Å². The normalized spacial score (nSPS) is 13.5. The molecule has 1 amide bonds. The maximum absolute atomic E-state index is 11.9. The van der Waals surface area contributed by atoms with E-state index in [1.807, 2.05) is 24.3 Å². The summed E-state index contributed by atoms with van der Waals surface area (Å²) in [5.74, 6) is 1.57. The van der Waals surface area contributed by atoms with Gasteiger partial charge in [-0.2, -0.15) is 0 Å². The molecule has 0 saturated heterocycles. The molecule has 5 heteroatoms. The first-order valence-electron chi connectivity index (χ1n) is 7.80. The van der Waals surface area contributed by atoms with Crippen molar-refractivity contribution in [2.45, 2.75) is 32.4 Å². The second-order valence-corrected chi connectivity index (χ2v) is 5.83. The van der Waals surface area contributed by atoms with E-state index in [-0.39, 0.29) is 5.91 Å². The minimum absolute atomic E-state index is 0.0439. The molecular weight excluding hydrogens is 290 g/mol. The van der Waals surface area contributed by atoms with Gasteiger partial charge in [0.15, 0.2) is 0 Å². The van der Waals surface area contributed by atoms with Crippen LogP contribution in [0.4, 0.5) is 5.82 Å². The number of pyridine rings is 1. The number of anilines is 1. The highest BCUT2D eigenvalue weighted by Crippen LogP contribution is 2.20. The number of rotatable bonds is 6. The van der Waals surface area contributed by atoms with Gasteiger partial charge in [-0.1, -0.05) is 6.07 Å². The molecule has 1 aromatic carbocycles. The topological polar surface area (TPSA) is 63.2 Å². The van der Waals surface area contributed by atoms with Crippen LogP contribution >= 0.6 is 0 Å². The van der Waals surface area contributed by atoms with Crippen molar-refractivity contribution in [2.24, 2.45) is 0 Å². The van der Waals surface area contributed by atoms with Crippen LogP contribution < -0.4 is 15.4 Å². The van der Waals surface area contributed by atoms with E-state index >= 15 is 0 Å². The number of hydrogen-bond donors (Lipinski definition) is 2. The molecule has 2 aromatic rings. The second kappa shape index (κ2) is 6.69. The Hall–Kier alpha value is -2.56. The van der Waals surface area contributed by atoms with Gasteiger partial charge in [0.05, 0.1) is 12.7 Å². The van der Waals surface area contributed by atoms with E-state index in [0.717, 1.165) is 30.0 Å². The molecule has 1 aliphatic carbocycles. The molecule has 2 N–H and O–H groups in total. The van der Waals surface area contributed by atoms with Gasteiger partial charge >= 0.3 is 0 Å². The molecule has 1 heterocycles. The highest BCUT2D eigenvalue weighted by Gasteiger charge is 2.23. The zero-order valence-electron chi connectivity index (χ0n) is 13.4. The molecule has 0 atom stereocenters. The summed E-state index contributed by atoms with van der Waals surface area (Å²) in [4.78, 5) is 16.2. The molecule has 0 aliphatic heterocycles. The van der Waals surface area contributed by atoms with Gasteiger partial charge in [0, 0.05) is 18.8 Å². The van der Waals surface area contributed by atoms with Crippen molar-refractivity contribution < 1.29 is 9.53 Å². The number of carbonyl (C=O) groups excluding carboxylic acids is 1. The lowest BCUT2D eigenvalue weighted by atomic mass is 10.1. The summed E-state index contributed by atoms with van der Waals surface area (Å²) < 4.78 is 5.21. The number of ether oxygens (including phenoxy) is 1. The molecule has 23 heavy (non-hydrogen) atoms. The van der Waals surface area contributed by atoms with Crippen molar-refractivity contribution in [3.05, 3.63) is 53.2 Å². The van der Waals surface area contributed by atoms with Crippen molar-refractivity contribution in [3.8, 4) is 5.75 Å². The average Bonchev–Trinajstić information content (AvgIpc) is 3.38. The van der Waals surface area contributed by atoms with Gasteiger partial charge < -0.3 is 15.4 Å². The van der Waals surface area contributed by atoms with Crippen molar-refractivity contribution in [2.75, 3.05) is 12.4 Å². The number of aromatic nitrogens is 1. The summed E-state index contributed by atoms with van der Waals surface area (Å²) in [6.45, 7) is 2.73. The summed E-state index contributed by atoms with van der Waals surface area (Å²) >= 11 is 0. The Morgan fingerprint density at radius 2 is 2.13 bits per heavy atom. The molecule has 1 saturated carbocycles. The van der Waals surface area contributed by atoms with Crippen LogP contribution in [-0.2, 0) is 6.54 Å². The average molecular weight is 311 g/mol. The van der Waals surface area contributed by atoms with Crippen LogP contribution in [0.25, 0.3) is 0 Å². The molecule has 0 unspecified atom stereocenters. The number of nitrogens with one attached hydrogen (secondary N) is 2. The van der Waals surface area contributed by atoms with Gasteiger partial charge in [0.25, 0.3) is 5.91 Å². The molecule has 0 spiro atoms. The van der Waals surface area contributed by atoms with Crippen molar-refractivity contribution in [1.29, 1.82) is 0 Å². The third kappa shape index (κ3) is 4.00. The Morgan fingerprint density at radius 1 is 1.30 bits per heavy atom. The van der Waals surface area contributed by atoms with Crippen LogP contribution in [0.3, 0.4) is 0 Å². The summed E-state index contributed by atoms with van der Waals surface area (Å²) in [5, 5.41) is 6.23. The van der Waals surface area contributed by atoms with E-state index in [4.69, 9.17) is 4.74 Å². The Balaban J connectivity index is 1.58. The van der Waals surface area contributed by atoms with Crippen LogP contribution in [0.5, 0.6) is 5.75 Å². The predicted octanol–water partition coefficient (Wildman–Crippen LogP) is 2.90. The molecule has 0 radical (unpaired) electrons. The Bertz CT molecular complexity index is 694. The van der Waals surface area contributed by atoms with Crippen molar-refractivity contribution in [3.63, 3.8) is 0 Å². The largest absolute Gasteiger partial charge is 0.497 e. The first-order chi connectivity index (χ1) is 11.2. The Labute approximate surface area is 136 Å².